The van der Waals surface area contributed by atoms with E-state index in [0.717, 1.165) is 57.7 Å². The van der Waals surface area contributed by atoms with Crippen LogP contribution in [-0.4, -0.2) is 86.5 Å². The maximum atomic E-state index is 12.3. The molecule has 7 nitrogen and oxygen atoms in total. The Hall–Kier alpha value is -2.28. The number of carbonyl (C=O) groups is 1. The smallest absolute Gasteiger partial charge is 0.260 e. The predicted octanol–water partition coefficient (Wildman–Crippen LogP) is 2.06. The molecule has 0 unspecified atom stereocenters. The van der Waals surface area contributed by atoms with Gasteiger partial charge in [-0.15, -0.1) is 0 Å². The van der Waals surface area contributed by atoms with Gasteiger partial charge in [0.15, 0.2) is 18.1 Å². The van der Waals surface area contributed by atoms with E-state index in [1.54, 1.807) is 0 Å². The number of carbonyl (C=O) groups excluding carboxylic acids is 1. The second-order valence-corrected chi connectivity index (χ2v) is 7.37. The Kier molecular flexibility index (Phi) is 7.54. The van der Waals surface area contributed by atoms with Crippen LogP contribution < -0.4 is 9.47 Å². The average molecular weight is 389 g/mol. The van der Waals surface area contributed by atoms with Gasteiger partial charge in [-0.3, -0.25) is 9.80 Å². The lowest BCUT2D eigenvalue weighted by atomic mass is 10.1. The van der Waals surface area contributed by atoms with Crippen LogP contribution in [0.4, 0.5) is 0 Å². The fourth-order valence-electron chi connectivity index (χ4n) is 3.43. The first kappa shape index (κ1) is 20.5. The molecular formula is C21H32N4O3. The van der Waals surface area contributed by atoms with Crippen LogP contribution in [0.5, 0.6) is 11.5 Å². The zero-order valence-corrected chi connectivity index (χ0v) is 17.1. The van der Waals surface area contributed by atoms with E-state index in [1.165, 1.54) is 6.42 Å². The third-order valence-corrected chi connectivity index (χ3v) is 5.18. The van der Waals surface area contributed by atoms with E-state index in [2.05, 4.69) is 22.1 Å². The van der Waals surface area contributed by atoms with E-state index in [1.807, 2.05) is 36.2 Å². The van der Waals surface area contributed by atoms with Gasteiger partial charge in [0.2, 0.25) is 0 Å². The molecule has 0 aromatic heterocycles. The summed E-state index contributed by atoms with van der Waals surface area (Å²) in [7, 11) is 2.13. The number of likely N-dealkylation sites (N-methyl/N-ethyl adjacent to an activating group) is 1. The number of hydrogen-bond acceptors (Lipinski definition) is 6. The summed E-state index contributed by atoms with van der Waals surface area (Å²) in [6.07, 6.45) is 5.22. The van der Waals surface area contributed by atoms with Crippen LogP contribution in [-0.2, 0) is 4.79 Å². The summed E-state index contributed by atoms with van der Waals surface area (Å²) in [5.41, 5.74) is 0.956. The minimum Gasteiger partial charge on any atom is -0.490 e. The van der Waals surface area contributed by atoms with Crippen LogP contribution >= 0.6 is 0 Å². The Bertz CT molecular complexity index is 666. The number of likely N-dealkylation sites (tertiary alicyclic amines) is 1. The molecule has 2 saturated heterocycles. The Morgan fingerprint density at radius 3 is 2.50 bits per heavy atom. The van der Waals surface area contributed by atoms with E-state index in [4.69, 9.17) is 9.47 Å². The molecule has 154 valence electrons. The number of piperazine rings is 1. The van der Waals surface area contributed by atoms with Crippen molar-refractivity contribution in [3.8, 4) is 11.5 Å². The van der Waals surface area contributed by atoms with Crippen molar-refractivity contribution < 1.29 is 14.3 Å². The molecule has 2 heterocycles. The molecular weight excluding hydrogens is 356 g/mol. The molecule has 0 atom stereocenters. The van der Waals surface area contributed by atoms with Gasteiger partial charge in [-0.05, 0) is 57.0 Å². The molecule has 28 heavy (non-hydrogen) atoms. The van der Waals surface area contributed by atoms with Crippen molar-refractivity contribution in [1.29, 1.82) is 0 Å². The first-order valence-corrected chi connectivity index (χ1v) is 10.3. The molecule has 0 saturated carbocycles. The summed E-state index contributed by atoms with van der Waals surface area (Å²) < 4.78 is 11.5. The van der Waals surface area contributed by atoms with E-state index >= 15 is 0 Å². The van der Waals surface area contributed by atoms with Crippen LogP contribution in [0.3, 0.4) is 0 Å². The second kappa shape index (κ2) is 10.3. The first-order chi connectivity index (χ1) is 13.7. The minimum absolute atomic E-state index is 0.0443. The van der Waals surface area contributed by atoms with Crippen LogP contribution in [0.25, 0.3) is 0 Å². The van der Waals surface area contributed by atoms with Gasteiger partial charge in [-0.1, -0.05) is 0 Å². The highest BCUT2D eigenvalue weighted by Crippen LogP contribution is 2.28. The van der Waals surface area contributed by atoms with Gasteiger partial charge in [0, 0.05) is 39.3 Å². The molecule has 0 aliphatic carbocycles. The van der Waals surface area contributed by atoms with Gasteiger partial charge in [-0.2, -0.15) is 5.10 Å². The number of piperidine rings is 1. The molecule has 0 N–H and O–H groups in total. The fraction of sp³-hybridized carbons (Fsp3) is 0.619. The normalized spacial score (nSPS) is 18.5. The van der Waals surface area contributed by atoms with Crippen molar-refractivity contribution in [2.75, 3.05) is 59.5 Å². The predicted molar refractivity (Wildman–Crippen MR) is 110 cm³/mol. The van der Waals surface area contributed by atoms with Crippen LogP contribution in [0.15, 0.2) is 23.3 Å². The van der Waals surface area contributed by atoms with Gasteiger partial charge in [0.25, 0.3) is 5.91 Å². The number of benzene rings is 1. The Morgan fingerprint density at radius 1 is 1.04 bits per heavy atom. The Labute approximate surface area is 167 Å². The molecule has 2 aliphatic heterocycles. The Morgan fingerprint density at radius 2 is 1.79 bits per heavy atom. The summed E-state index contributed by atoms with van der Waals surface area (Å²) >= 11 is 0. The Balaban J connectivity index is 1.59. The van der Waals surface area contributed by atoms with Crippen molar-refractivity contribution in [2.24, 2.45) is 5.10 Å². The quantitative estimate of drug-likeness (QED) is 0.669. The van der Waals surface area contributed by atoms with Crippen LogP contribution in [0.1, 0.15) is 31.7 Å². The number of amides is 1. The lowest BCUT2D eigenvalue weighted by Gasteiger charge is -2.30. The van der Waals surface area contributed by atoms with Crippen molar-refractivity contribution in [2.45, 2.75) is 26.2 Å². The van der Waals surface area contributed by atoms with E-state index in [0.29, 0.717) is 18.1 Å². The molecule has 7 heteroatoms. The highest BCUT2D eigenvalue weighted by atomic mass is 16.5. The summed E-state index contributed by atoms with van der Waals surface area (Å²) in [5, 5.41) is 6.66. The average Bonchev–Trinajstić information content (AvgIpc) is 2.73. The van der Waals surface area contributed by atoms with Crippen LogP contribution in [0, 0.1) is 0 Å². The highest BCUT2D eigenvalue weighted by molar-refractivity contribution is 5.81. The fourth-order valence-corrected chi connectivity index (χ4v) is 3.43. The summed E-state index contributed by atoms with van der Waals surface area (Å²) in [6, 6.07) is 5.73. The largest absolute Gasteiger partial charge is 0.490 e. The van der Waals surface area contributed by atoms with Gasteiger partial charge in [-0.25, -0.2) is 0 Å². The number of hydrazone groups is 1. The highest BCUT2D eigenvalue weighted by Gasteiger charge is 2.18. The molecule has 2 fully saturated rings. The zero-order valence-electron chi connectivity index (χ0n) is 17.1. The SMILES string of the molecule is CCOc1cc(/C=N/N2CCN(C)CC2)ccc1OCC(=O)N1CCCCC1. The molecule has 0 spiro atoms. The van der Waals surface area contributed by atoms with Gasteiger partial charge in [0.05, 0.1) is 12.8 Å². The lowest BCUT2D eigenvalue weighted by molar-refractivity contribution is -0.134. The van der Waals surface area contributed by atoms with Crippen LogP contribution in [0.2, 0.25) is 0 Å². The molecule has 0 radical (unpaired) electrons. The second-order valence-electron chi connectivity index (χ2n) is 7.37. The first-order valence-electron chi connectivity index (χ1n) is 10.3. The van der Waals surface area contributed by atoms with Crippen molar-refractivity contribution in [1.82, 2.24) is 14.8 Å². The molecule has 1 aromatic carbocycles. The maximum Gasteiger partial charge on any atom is 0.260 e. The third kappa shape index (κ3) is 5.86. The summed E-state index contributed by atoms with van der Waals surface area (Å²) in [6.45, 7) is 8.12. The number of rotatable bonds is 7. The monoisotopic (exact) mass is 388 g/mol. The van der Waals surface area contributed by atoms with E-state index in [-0.39, 0.29) is 12.5 Å². The van der Waals surface area contributed by atoms with E-state index in [9.17, 15) is 4.79 Å². The van der Waals surface area contributed by atoms with Crippen molar-refractivity contribution in [3.63, 3.8) is 0 Å². The molecule has 2 aliphatic rings. The number of hydrogen-bond donors (Lipinski definition) is 0. The maximum absolute atomic E-state index is 12.3. The minimum atomic E-state index is 0.0443. The number of nitrogens with zero attached hydrogens (tertiary/aromatic N) is 4. The number of ether oxygens (including phenoxy) is 2. The third-order valence-electron chi connectivity index (χ3n) is 5.18. The summed E-state index contributed by atoms with van der Waals surface area (Å²) in [4.78, 5) is 16.5. The van der Waals surface area contributed by atoms with E-state index < -0.39 is 0 Å². The molecule has 1 amide bonds. The van der Waals surface area contributed by atoms with Crippen molar-refractivity contribution in [3.05, 3.63) is 23.8 Å². The van der Waals surface area contributed by atoms with Gasteiger partial charge >= 0.3 is 0 Å². The lowest BCUT2D eigenvalue weighted by Crippen LogP contribution is -2.41. The zero-order chi connectivity index (χ0) is 19.8. The van der Waals surface area contributed by atoms with Crippen molar-refractivity contribution >= 4 is 12.1 Å². The summed E-state index contributed by atoms with van der Waals surface area (Å²) in [5.74, 6) is 1.29. The topological polar surface area (TPSA) is 57.6 Å². The van der Waals surface area contributed by atoms with Gasteiger partial charge < -0.3 is 19.3 Å². The molecule has 3 rings (SSSR count). The standard InChI is InChI=1S/C21H32N4O3/c1-3-27-20-15-18(16-22-25-13-11-23(2)12-14-25)7-8-19(20)28-17-21(26)24-9-5-4-6-10-24/h7-8,15-16H,3-6,9-14,17H2,1-2H3/b22-16+. The molecule has 1 aromatic rings. The van der Waals surface area contributed by atoms with Gasteiger partial charge in [0.1, 0.15) is 0 Å². The molecule has 0 bridgehead atoms.